The van der Waals surface area contributed by atoms with Crippen LogP contribution >= 0.6 is 0 Å². The molecule has 1 aromatic carbocycles. The molecule has 1 aliphatic rings. The van der Waals surface area contributed by atoms with Crippen LogP contribution in [0.4, 0.5) is 8.78 Å². The van der Waals surface area contributed by atoms with Gasteiger partial charge in [0.2, 0.25) is 0 Å². The van der Waals surface area contributed by atoms with E-state index in [0.29, 0.717) is 25.7 Å². The van der Waals surface area contributed by atoms with Crippen molar-refractivity contribution >= 4 is 5.91 Å². The van der Waals surface area contributed by atoms with Crippen LogP contribution in [0.1, 0.15) is 36.0 Å². The van der Waals surface area contributed by atoms with Crippen LogP contribution in [-0.2, 0) is 0 Å². The standard InChI is InChI=1S/C13H15F2NO2/c14-8-1-6-12(15)11(7-8)13(18)16-9-2-4-10(17)5-3-9/h1,6-7,9-10,17H,2-5H2,(H,16,18). The molecule has 0 atom stereocenters. The van der Waals surface area contributed by atoms with Gasteiger partial charge in [-0.15, -0.1) is 0 Å². The van der Waals surface area contributed by atoms with Crippen LogP contribution in [-0.4, -0.2) is 23.2 Å². The molecule has 0 bridgehead atoms. The summed E-state index contributed by atoms with van der Waals surface area (Å²) in [5.41, 5.74) is -0.277. The van der Waals surface area contributed by atoms with Crippen LogP contribution < -0.4 is 5.32 Å². The maximum atomic E-state index is 13.4. The van der Waals surface area contributed by atoms with Gasteiger partial charge in [0.15, 0.2) is 0 Å². The second-order valence-corrected chi connectivity index (χ2v) is 4.60. The number of rotatable bonds is 2. The second kappa shape index (κ2) is 5.44. The Morgan fingerprint density at radius 1 is 1.22 bits per heavy atom. The van der Waals surface area contributed by atoms with Crippen LogP contribution in [0.15, 0.2) is 18.2 Å². The molecule has 18 heavy (non-hydrogen) atoms. The molecule has 1 saturated carbocycles. The summed E-state index contributed by atoms with van der Waals surface area (Å²) in [6.45, 7) is 0. The quantitative estimate of drug-likeness (QED) is 0.849. The van der Waals surface area contributed by atoms with E-state index < -0.39 is 17.5 Å². The van der Waals surface area contributed by atoms with Crippen molar-refractivity contribution in [3.05, 3.63) is 35.4 Å². The summed E-state index contributed by atoms with van der Waals surface area (Å²) >= 11 is 0. The van der Waals surface area contributed by atoms with E-state index in [0.717, 1.165) is 18.2 Å². The minimum Gasteiger partial charge on any atom is -0.393 e. The van der Waals surface area contributed by atoms with E-state index in [4.69, 9.17) is 0 Å². The largest absolute Gasteiger partial charge is 0.393 e. The highest BCUT2D eigenvalue weighted by atomic mass is 19.1. The van der Waals surface area contributed by atoms with E-state index in [9.17, 15) is 18.7 Å². The summed E-state index contributed by atoms with van der Waals surface area (Å²) in [7, 11) is 0. The predicted octanol–water partition coefficient (Wildman–Crippen LogP) is 2.00. The molecule has 98 valence electrons. The normalized spacial score (nSPS) is 23.7. The van der Waals surface area contributed by atoms with Crippen molar-refractivity contribution in [1.29, 1.82) is 0 Å². The lowest BCUT2D eigenvalue weighted by molar-refractivity contribution is 0.0863. The van der Waals surface area contributed by atoms with Gasteiger partial charge in [0.05, 0.1) is 11.7 Å². The molecule has 1 aliphatic carbocycles. The Bertz CT molecular complexity index is 443. The highest BCUT2D eigenvalue weighted by Gasteiger charge is 2.22. The number of hydrogen-bond donors (Lipinski definition) is 2. The maximum absolute atomic E-state index is 13.4. The van der Waals surface area contributed by atoms with Gasteiger partial charge < -0.3 is 10.4 Å². The van der Waals surface area contributed by atoms with Crippen LogP contribution in [0, 0.1) is 11.6 Å². The van der Waals surface area contributed by atoms with Crippen LogP contribution in [0.5, 0.6) is 0 Å². The number of benzene rings is 1. The average molecular weight is 255 g/mol. The number of nitrogens with one attached hydrogen (secondary N) is 1. The molecular formula is C13H15F2NO2. The summed E-state index contributed by atoms with van der Waals surface area (Å²) in [5, 5.41) is 12.0. The lowest BCUT2D eigenvalue weighted by Crippen LogP contribution is -2.38. The van der Waals surface area contributed by atoms with E-state index in [-0.39, 0.29) is 17.7 Å². The van der Waals surface area contributed by atoms with E-state index >= 15 is 0 Å². The van der Waals surface area contributed by atoms with Crippen LogP contribution in [0.25, 0.3) is 0 Å². The zero-order chi connectivity index (χ0) is 13.1. The Morgan fingerprint density at radius 3 is 2.56 bits per heavy atom. The number of halogens is 2. The molecule has 0 heterocycles. The zero-order valence-electron chi connectivity index (χ0n) is 9.83. The molecule has 0 unspecified atom stereocenters. The van der Waals surface area contributed by atoms with Crippen molar-refractivity contribution in [2.24, 2.45) is 0 Å². The molecule has 1 amide bonds. The molecule has 3 nitrogen and oxygen atoms in total. The number of aliphatic hydroxyl groups is 1. The first-order valence-corrected chi connectivity index (χ1v) is 6.00. The summed E-state index contributed by atoms with van der Waals surface area (Å²) in [5.74, 6) is -1.97. The SMILES string of the molecule is O=C(NC1CCC(O)CC1)c1cc(F)ccc1F. The van der Waals surface area contributed by atoms with Gasteiger partial charge >= 0.3 is 0 Å². The average Bonchev–Trinajstić information content (AvgIpc) is 2.35. The Kier molecular flexibility index (Phi) is 3.91. The highest BCUT2D eigenvalue weighted by Crippen LogP contribution is 2.19. The third kappa shape index (κ3) is 3.04. The van der Waals surface area contributed by atoms with Gasteiger partial charge in [0, 0.05) is 6.04 Å². The van der Waals surface area contributed by atoms with E-state index in [1.165, 1.54) is 0 Å². The number of hydrogen-bond acceptors (Lipinski definition) is 2. The minimum atomic E-state index is -0.732. The van der Waals surface area contributed by atoms with Crippen molar-refractivity contribution < 1.29 is 18.7 Å². The van der Waals surface area contributed by atoms with Gasteiger partial charge in [-0.3, -0.25) is 4.79 Å². The molecule has 0 aromatic heterocycles. The molecule has 2 rings (SSSR count). The molecule has 0 saturated heterocycles. The number of aliphatic hydroxyl groups excluding tert-OH is 1. The summed E-state index contributed by atoms with van der Waals surface area (Å²) in [4.78, 5) is 11.8. The van der Waals surface area contributed by atoms with E-state index in [1.807, 2.05) is 0 Å². The monoisotopic (exact) mass is 255 g/mol. The van der Waals surface area contributed by atoms with Gasteiger partial charge in [0.1, 0.15) is 11.6 Å². The predicted molar refractivity (Wildman–Crippen MR) is 62.1 cm³/mol. The lowest BCUT2D eigenvalue weighted by Gasteiger charge is -2.26. The van der Waals surface area contributed by atoms with Gasteiger partial charge in [-0.05, 0) is 43.9 Å². The lowest BCUT2D eigenvalue weighted by atomic mass is 9.93. The maximum Gasteiger partial charge on any atom is 0.254 e. The summed E-state index contributed by atoms with van der Waals surface area (Å²) in [6.07, 6.45) is 2.24. The Morgan fingerprint density at radius 2 is 1.89 bits per heavy atom. The van der Waals surface area contributed by atoms with Crippen molar-refractivity contribution in [3.8, 4) is 0 Å². The molecule has 0 aliphatic heterocycles. The second-order valence-electron chi connectivity index (χ2n) is 4.60. The van der Waals surface area contributed by atoms with Gasteiger partial charge in [-0.2, -0.15) is 0 Å². The van der Waals surface area contributed by atoms with E-state index in [1.54, 1.807) is 0 Å². The van der Waals surface area contributed by atoms with E-state index in [2.05, 4.69) is 5.32 Å². The Labute approximate surface area is 104 Å². The Balaban J connectivity index is 2.01. The minimum absolute atomic E-state index is 0.0800. The van der Waals surface area contributed by atoms with Crippen molar-refractivity contribution in [3.63, 3.8) is 0 Å². The third-order valence-corrected chi connectivity index (χ3v) is 3.20. The number of carbonyl (C=O) groups is 1. The first kappa shape index (κ1) is 13.0. The smallest absolute Gasteiger partial charge is 0.254 e. The first-order chi connectivity index (χ1) is 8.56. The number of carbonyl (C=O) groups excluding carboxylic acids is 1. The van der Waals surface area contributed by atoms with Crippen molar-refractivity contribution in [1.82, 2.24) is 5.32 Å². The van der Waals surface area contributed by atoms with Crippen molar-refractivity contribution in [2.45, 2.75) is 37.8 Å². The molecule has 1 aromatic rings. The topological polar surface area (TPSA) is 49.3 Å². The van der Waals surface area contributed by atoms with Gasteiger partial charge in [0.25, 0.3) is 5.91 Å². The fourth-order valence-electron chi connectivity index (χ4n) is 2.15. The molecule has 0 spiro atoms. The van der Waals surface area contributed by atoms with Gasteiger partial charge in [-0.25, -0.2) is 8.78 Å². The fraction of sp³-hybridized carbons (Fsp3) is 0.462. The molecule has 2 N–H and O–H groups in total. The Hall–Kier alpha value is -1.49. The van der Waals surface area contributed by atoms with Crippen LogP contribution in [0.3, 0.4) is 0 Å². The number of amides is 1. The van der Waals surface area contributed by atoms with Crippen LogP contribution in [0.2, 0.25) is 0 Å². The molecule has 0 radical (unpaired) electrons. The highest BCUT2D eigenvalue weighted by molar-refractivity contribution is 5.94. The first-order valence-electron chi connectivity index (χ1n) is 6.00. The molecule has 5 heteroatoms. The van der Waals surface area contributed by atoms with Crippen molar-refractivity contribution in [2.75, 3.05) is 0 Å². The van der Waals surface area contributed by atoms with Gasteiger partial charge in [-0.1, -0.05) is 0 Å². The summed E-state index contributed by atoms with van der Waals surface area (Å²) < 4.78 is 26.3. The zero-order valence-corrected chi connectivity index (χ0v) is 9.83. The third-order valence-electron chi connectivity index (χ3n) is 3.20. The summed E-state index contributed by atoms with van der Waals surface area (Å²) in [6, 6.07) is 2.73. The molecule has 1 fully saturated rings. The molecular weight excluding hydrogens is 240 g/mol. The fourth-order valence-corrected chi connectivity index (χ4v) is 2.15.